The summed E-state index contributed by atoms with van der Waals surface area (Å²) in [7, 11) is -1.72. The fourth-order valence-corrected chi connectivity index (χ4v) is 3.30. The Morgan fingerprint density at radius 1 is 1.50 bits per heavy atom. The van der Waals surface area contributed by atoms with Gasteiger partial charge in [-0.05, 0) is 19.3 Å². The summed E-state index contributed by atoms with van der Waals surface area (Å²) < 4.78 is 30.7. The maximum absolute atomic E-state index is 11.6. The summed E-state index contributed by atoms with van der Waals surface area (Å²) in [6.07, 6.45) is 2.96. The fourth-order valence-electron chi connectivity index (χ4n) is 1.94. The van der Waals surface area contributed by atoms with Gasteiger partial charge in [0.25, 0.3) is 0 Å². The third-order valence-electron chi connectivity index (χ3n) is 2.77. The normalized spacial score (nSPS) is 25.5. The van der Waals surface area contributed by atoms with Crippen molar-refractivity contribution in [1.29, 1.82) is 5.26 Å². The Morgan fingerprint density at radius 2 is 2.25 bits per heavy atom. The lowest BCUT2D eigenvalue weighted by atomic mass is 10.1. The monoisotopic (exact) mass is 246 g/mol. The van der Waals surface area contributed by atoms with Crippen LogP contribution < -0.4 is 4.72 Å². The van der Waals surface area contributed by atoms with Crippen LogP contribution in [0.1, 0.15) is 25.7 Å². The Hall–Kier alpha value is -0.640. The molecule has 0 aromatic rings. The van der Waals surface area contributed by atoms with Gasteiger partial charge in [0.05, 0.1) is 17.7 Å². The molecule has 2 atom stereocenters. The van der Waals surface area contributed by atoms with Gasteiger partial charge in [0.15, 0.2) is 0 Å². The van der Waals surface area contributed by atoms with Crippen LogP contribution in [-0.4, -0.2) is 33.9 Å². The molecule has 0 heterocycles. The molecule has 6 heteroatoms. The van der Waals surface area contributed by atoms with Crippen molar-refractivity contribution in [2.24, 2.45) is 5.92 Å². The summed E-state index contributed by atoms with van der Waals surface area (Å²) in [5.41, 5.74) is 0. The average molecular weight is 246 g/mol. The van der Waals surface area contributed by atoms with Gasteiger partial charge in [-0.25, -0.2) is 13.1 Å². The quantitative estimate of drug-likeness (QED) is 0.697. The maximum atomic E-state index is 11.6. The molecule has 16 heavy (non-hydrogen) atoms. The van der Waals surface area contributed by atoms with Crippen molar-refractivity contribution >= 4 is 10.0 Å². The van der Waals surface area contributed by atoms with E-state index in [1.54, 1.807) is 7.11 Å². The van der Waals surface area contributed by atoms with E-state index >= 15 is 0 Å². The van der Waals surface area contributed by atoms with Crippen molar-refractivity contribution in [3.05, 3.63) is 0 Å². The highest BCUT2D eigenvalue weighted by molar-refractivity contribution is 7.89. The smallest absolute Gasteiger partial charge is 0.211 e. The number of nitrogens with one attached hydrogen (secondary N) is 1. The molecule has 1 rings (SSSR count). The molecule has 0 saturated heterocycles. The number of ether oxygens (including phenoxy) is 1. The van der Waals surface area contributed by atoms with Crippen LogP contribution in [0.25, 0.3) is 0 Å². The van der Waals surface area contributed by atoms with E-state index in [2.05, 4.69) is 10.8 Å². The first-order valence-electron chi connectivity index (χ1n) is 5.47. The number of nitrogens with zero attached hydrogens (tertiary/aromatic N) is 1. The Kier molecular flexibility index (Phi) is 5.19. The first-order valence-corrected chi connectivity index (χ1v) is 7.13. The van der Waals surface area contributed by atoms with Gasteiger partial charge < -0.3 is 4.74 Å². The van der Waals surface area contributed by atoms with Crippen molar-refractivity contribution in [3.8, 4) is 6.07 Å². The lowest BCUT2D eigenvalue weighted by Crippen LogP contribution is -2.38. The molecule has 1 aliphatic rings. The SMILES string of the molecule is COCCCS(=O)(=O)NC1CCCC1C#N. The first kappa shape index (κ1) is 13.4. The molecule has 2 unspecified atom stereocenters. The molecule has 0 bridgehead atoms. The minimum Gasteiger partial charge on any atom is -0.385 e. The lowest BCUT2D eigenvalue weighted by molar-refractivity contribution is 0.199. The summed E-state index contributed by atoms with van der Waals surface area (Å²) in [6, 6.07) is 1.96. The van der Waals surface area contributed by atoms with Gasteiger partial charge in [-0.15, -0.1) is 0 Å². The molecule has 1 aliphatic carbocycles. The minimum atomic E-state index is -3.26. The molecule has 1 N–H and O–H groups in total. The molecule has 92 valence electrons. The maximum Gasteiger partial charge on any atom is 0.211 e. The van der Waals surface area contributed by atoms with E-state index in [0.717, 1.165) is 19.3 Å². The van der Waals surface area contributed by atoms with E-state index in [0.29, 0.717) is 13.0 Å². The molecule has 0 aliphatic heterocycles. The van der Waals surface area contributed by atoms with Crippen LogP contribution in [0, 0.1) is 17.2 Å². The molecule has 0 radical (unpaired) electrons. The fraction of sp³-hybridized carbons (Fsp3) is 0.900. The molecular weight excluding hydrogens is 228 g/mol. The average Bonchev–Trinajstić information content (AvgIpc) is 2.64. The van der Waals surface area contributed by atoms with Crippen LogP contribution in [0.3, 0.4) is 0 Å². The number of nitriles is 1. The molecule has 0 aromatic heterocycles. The Morgan fingerprint density at radius 3 is 2.88 bits per heavy atom. The molecule has 1 saturated carbocycles. The van der Waals surface area contributed by atoms with Crippen LogP contribution in [0.15, 0.2) is 0 Å². The molecule has 0 aromatic carbocycles. The Balaban J connectivity index is 2.43. The zero-order valence-electron chi connectivity index (χ0n) is 9.48. The summed E-state index contributed by atoms with van der Waals surface area (Å²) >= 11 is 0. The molecule has 0 amide bonds. The lowest BCUT2D eigenvalue weighted by Gasteiger charge is -2.15. The van der Waals surface area contributed by atoms with Gasteiger partial charge in [0.2, 0.25) is 10.0 Å². The van der Waals surface area contributed by atoms with Crippen molar-refractivity contribution in [3.63, 3.8) is 0 Å². The van der Waals surface area contributed by atoms with E-state index < -0.39 is 10.0 Å². The van der Waals surface area contributed by atoms with Gasteiger partial charge in [0, 0.05) is 19.8 Å². The first-order chi connectivity index (χ1) is 7.59. The highest BCUT2D eigenvalue weighted by Crippen LogP contribution is 2.25. The van der Waals surface area contributed by atoms with Crippen molar-refractivity contribution in [2.75, 3.05) is 19.5 Å². The predicted molar refractivity (Wildman–Crippen MR) is 60.2 cm³/mol. The zero-order valence-corrected chi connectivity index (χ0v) is 10.3. The predicted octanol–water partition coefficient (Wildman–Crippen LogP) is 0.635. The van der Waals surface area contributed by atoms with Crippen molar-refractivity contribution in [1.82, 2.24) is 4.72 Å². The van der Waals surface area contributed by atoms with Gasteiger partial charge in [-0.3, -0.25) is 0 Å². The van der Waals surface area contributed by atoms with Gasteiger partial charge in [-0.2, -0.15) is 5.26 Å². The van der Waals surface area contributed by atoms with E-state index in [1.165, 1.54) is 0 Å². The number of sulfonamides is 1. The highest BCUT2D eigenvalue weighted by atomic mass is 32.2. The zero-order chi connectivity index (χ0) is 12.0. The number of methoxy groups -OCH3 is 1. The topological polar surface area (TPSA) is 79.2 Å². The molecule has 1 fully saturated rings. The second-order valence-corrected chi connectivity index (χ2v) is 5.93. The van der Waals surface area contributed by atoms with Crippen LogP contribution in [-0.2, 0) is 14.8 Å². The largest absolute Gasteiger partial charge is 0.385 e. The number of rotatable bonds is 6. The van der Waals surface area contributed by atoms with Gasteiger partial charge >= 0.3 is 0 Å². The minimum absolute atomic E-state index is 0.0650. The summed E-state index contributed by atoms with van der Waals surface area (Å²) in [5.74, 6) is -0.104. The van der Waals surface area contributed by atoms with Crippen molar-refractivity contribution < 1.29 is 13.2 Å². The number of hydrogen-bond donors (Lipinski definition) is 1. The van der Waals surface area contributed by atoms with E-state index in [1.807, 2.05) is 0 Å². The summed E-state index contributed by atoms with van der Waals surface area (Å²) in [4.78, 5) is 0. The highest BCUT2D eigenvalue weighted by Gasteiger charge is 2.30. The van der Waals surface area contributed by atoms with E-state index in [4.69, 9.17) is 10.00 Å². The Labute approximate surface area is 96.8 Å². The molecular formula is C10H18N2O3S. The van der Waals surface area contributed by atoms with Crippen LogP contribution >= 0.6 is 0 Å². The van der Waals surface area contributed by atoms with Gasteiger partial charge in [0.1, 0.15) is 0 Å². The third kappa shape index (κ3) is 4.08. The van der Waals surface area contributed by atoms with Crippen molar-refractivity contribution in [2.45, 2.75) is 31.7 Å². The van der Waals surface area contributed by atoms with Crippen LogP contribution in [0.5, 0.6) is 0 Å². The molecule has 0 spiro atoms. The second-order valence-electron chi connectivity index (χ2n) is 4.06. The van der Waals surface area contributed by atoms with Crippen LogP contribution in [0.4, 0.5) is 0 Å². The van der Waals surface area contributed by atoms with Gasteiger partial charge in [-0.1, -0.05) is 6.42 Å². The molecule has 5 nitrogen and oxygen atoms in total. The standard InChI is InChI=1S/C10H18N2O3S/c1-15-6-3-7-16(13,14)12-10-5-2-4-9(10)8-11/h9-10,12H,2-7H2,1H3. The Bertz CT molecular complexity index is 348. The van der Waals surface area contributed by atoms with Crippen LogP contribution in [0.2, 0.25) is 0 Å². The van der Waals surface area contributed by atoms with E-state index in [9.17, 15) is 8.42 Å². The summed E-state index contributed by atoms with van der Waals surface area (Å²) in [5, 5.41) is 8.84. The second kappa shape index (κ2) is 6.18. The van der Waals surface area contributed by atoms with E-state index in [-0.39, 0.29) is 17.7 Å². The number of hydrogen-bond acceptors (Lipinski definition) is 4. The third-order valence-corrected chi connectivity index (χ3v) is 4.26. The summed E-state index contributed by atoms with van der Waals surface area (Å²) in [6.45, 7) is 0.438.